The van der Waals surface area contributed by atoms with Gasteiger partial charge in [0.15, 0.2) is 0 Å². The summed E-state index contributed by atoms with van der Waals surface area (Å²) in [5.41, 5.74) is 6.75. The number of aromatic hydroxyl groups is 1. The van der Waals surface area contributed by atoms with Crippen molar-refractivity contribution in [3.63, 3.8) is 0 Å². The van der Waals surface area contributed by atoms with Crippen LogP contribution in [0, 0.1) is 0 Å². The number of anilines is 1. The molecule has 3 N–H and O–H groups in total. The molecule has 1 aliphatic rings. The van der Waals surface area contributed by atoms with Gasteiger partial charge in [0.2, 0.25) is 0 Å². The van der Waals surface area contributed by atoms with Crippen LogP contribution in [0.25, 0.3) is 0 Å². The molecule has 4 heteroatoms. The Morgan fingerprint density at radius 2 is 2.50 bits per heavy atom. The van der Waals surface area contributed by atoms with E-state index in [1.54, 1.807) is 6.07 Å². The minimum Gasteiger partial charge on any atom is -0.506 e. The van der Waals surface area contributed by atoms with E-state index in [0.29, 0.717) is 0 Å². The van der Waals surface area contributed by atoms with E-state index in [-0.39, 0.29) is 5.75 Å². The summed E-state index contributed by atoms with van der Waals surface area (Å²) in [4.78, 5) is 3.94. The molecule has 0 fully saturated rings. The van der Waals surface area contributed by atoms with Crippen molar-refractivity contribution in [3.8, 4) is 5.75 Å². The molecular formula is C6H7N3O. The van der Waals surface area contributed by atoms with Crippen molar-refractivity contribution < 1.29 is 5.11 Å². The predicted molar refractivity (Wildman–Crippen MR) is 36.4 cm³/mol. The van der Waals surface area contributed by atoms with Crippen LogP contribution in [0.4, 0.5) is 5.82 Å². The summed E-state index contributed by atoms with van der Waals surface area (Å²) in [5, 5.41) is 8.98. The third kappa shape index (κ3) is 0.698. The maximum atomic E-state index is 8.98. The third-order valence-electron chi connectivity index (χ3n) is 1.44. The van der Waals surface area contributed by atoms with Crippen molar-refractivity contribution in [2.45, 2.75) is 6.54 Å². The number of hydrogen-bond acceptors (Lipinski definition) is 4. The fraction of sp³-hybridized carbons (Fsp3) is 0.167. The zero-order chi connectivity index (χ0) is 6.97. The number of nitrogens with zero attached hydrogens (tertiary/aromatic N) is 1. The lowest BCUT2D eigenvalue weighted by molar-refractivity contribution is 0.472. The van der Waals surface area contributed by atoms with Gasteiger partial charge in [-0.2, -0.15) is 0 Å². The van der Waals surface area contributed by atoms with Crippen LogP contribution in [0.1, 0.15) is 5.56 Å². The first kappa shape index (κ1) is 5.49. The van der Waals surface area contributed by atoms with Crippen LogP contribution in [0.2, 0.25) is 0 Å². The lowest BCUT2D eigenvalue weighted by Crippen LogP contribution is -2.11. The standard InChI is InChI=1S/C6H7N3O/c10-5-1-4-2-8-9-6(4)7-3-5/h1,3,8,10H,2H2,(H,7,9). The average molecular weight is 137 g/mol. The fourth-order valence-electron chi connectivity index (χ4n) is 0.968. The molecule has 1 aromatic heterocycles. The largest absolute Gasteiger partial charge is 0.506 e. The number of rotatable bonds is 0. The van der Waals surface area contributed by atoms with E-state index in [2.05, 4.69) is 15.8 Å². The molecule has 0 unspecified atom stereocenters. The van der Waals surface area contributed by atoms with Gasteiger partial charge in [-0.3, -0.25) is 0 Å². The molecule has 0 saturated heterocycles. The van der Waals surface area contributed by atoms with Gasteiger partial charge >= 0.3 is 0 Å². The van der Waals surface area contributed by atoms with Crippen molar-refractivity contribution in [1.82, 2.24) is 10.4 Å². The SMILES string of the molecule is Oc1cnc2c(c1)CNN2. The molecule has 0 bridgehead atoms. The van der Waals surface area contributed by atoms with Gasteiger partial charge in [-0.25, -0.2) is 10.4 Å². The van der Waals surface area contributed by atoms with Crippen LogP contribution in [-0.4, -0.2) is 10.1 Å². The highest BCUT2D eigenvalue weighted by Gasteiger charge is 2.09. The summed E-state index contributed by atoms with van der Waals surface area (Å²) in [6.07, 6.45) is 1.42. The zero-order valence-electron chi connectivity index (χ0n) is 5.26. The molecule has 0 amide bonds. The molecule has 0 radical (unpaired) electrons. The minimum atomic E-state index is 0.212. The van der Waals surface area contributed by atoms with Crippen molar-refractivity contribution >= 4 is 5.82 Å². The molecule has 10 heavy (non-hydrogen) atoms. The summed E-state index contributed by atoms with van der Waals surface area (Å²) in [6.45, 7) is 0.719. The monoisotopic (exact) mass is 137 g/mol. The van der Waals surface area contributed by atoms with Gasteiger partial charge in [0.1, 0.15) is 11.6 Å². The number of aromatic nitrogens is 1. The van der Waals surface area contributed by atoms with Crippen LogP contribution < -0.4 is 10.9 Å². The molecule has 1 aromatic rings. The Bertz CT molecular complexity index is 261. The molecule has 0 saturated carbocycles. The van der Waals surface area contributed by atoms with Crippen molar-refractivity contribution in [2.75, 3.05) is 5.43 Å². The van der Waals surface area contributed by atoms with Crippen LogP contribution in [0.5, 0.6) is 5.75 Å². The van der Waals surface area contributed by atoms with E-state index in [9.17, 15) is 0 Å². The lowest BCUT2D eigenvalue weighted by atomic mass is 10.3. The number of hydrogen-bond donors (Lipinski definition) is 3. The first-order valence-electron chi connectivity index (χ1n) is 3.03. The Hall–Kier alpha value is -1.29. The fourth-order valence-corrected chi connectivity index (χ4v) is 0.968. The van der Waals surface area contributed by atoms with Crippen molar-refractivity contribution in [2.24, 2.45) is 0 Å². The lowest BCUT2D eigenvalue weighted by Gasteiger charge is -1.95. The highest BCUT2D eigenvalue weighted by Crippen LogP contribution is 2.19. The molecule has 0 aromatic carbocycles. The van der Waals surface area contributed by atoms with Gasteiger partial charge in [0, 0.05) is 12.1 Å². The predicted octanol–water partition coefficient (Wildman–Crippen LogP) is 0.217. The Morgan fingerprint density at radius 3 is 3.40 bits per heavy atom. The van der Waals surface area contributed by atoms with Gasteiger partial charge in [-0.15, -0.1) is 0 Å². The van der Waals surface area contributed by atoms with E-state index in [0.717, 1.165) is 17.9 Å². The Balaban J connectivity index is 2.52. The van der Waals surface area contributed by atoms with Gasteiger partial charge in [-0.05, 0) is 6.07 Å². The van der Waals surface area contributed by atoms with Gasteiger partial charge < -0.3 is 10.5 Å². The van der Waals surface area contributed by atoms with E-state index >= 15 is 0 Å². The van der Waals surface area contributed by atoms with Gasteiger partial charge in [-0.1, -0.05) is 0 Å². The summed E-state index contributed by atoms with van der Waals surface area (Å²) in [6, 6.07) is 1.69. The van der Waals surface area contributed by atoms with Crippen LogP contribution in [0.3, 0.4) is 0 Å². The molecule has 4 nitrogen and oxygen atoms in total. The van der Waals surface area contributed by atoms with Crippen molar-refractivity contribution in [3.05, 3.63) is 17.8 Å². The number of fused-ring (bicyclic) bond motifs is 1. The first-order chi connectivity index (χ1) is 4.86. The zero-order valence-corrected chi connectivity index (χ0v) is 5.26. The molecule has 1 aliphatic heterocycles. The van der Waals surface area contributed by atoms with E-state index in [1.807, 2.05) is 0 Å². The van der Waals surface area contributed by atoms with Crippen LogP contribution in [0.15, 0.2) is 12.3 Å². The minimum absolute atomic E-state index is 0.212. The highest BCUT2D eigenvalue weighted by atomic mass is 16.3. The molecule has 0 spiro atoms. The second-order valence-electron chi connectivity index (χ2n) is 2.18. The topological polar surface area (TPSA) is 57.2 Å². The normalized spacial score (nSPS) is 14.4. The Labute approximate surface area is 57.9 Å². The first-order valence-corrected chi connectivity index (χ1v) is 3.03. The Morgan fingerprint density at radius 1 is 1.60 bits per heavy atom. The molecule has 52 valence electrons. The number of hydrazine groups is 1. The maximum absolute atomic E-state index is 8.98. The second-order valence-corrected chi connectivity index (χ2v) is 2.18. The average Bonchev–Trinajstić information content (AvgIpc) is 2.33. The smallest absolute Gasteiger partial charge is 0.144 e. The number of nitrogens with one attached hydrogen (secondary N) is 2. The van der Waals surface area contributed by atoms with Crippen molar-refractivity contribution in [1.29, 1.82) is 0 Å². The summed E-state index contributed by atoms with van der Waals surface area (Å²) < 4.78 is 0. The summed E-state index contributed by atoms with van der Waals surface area (Å²) >= 11 is 0. The number of pyridine rings is 1. The summed E-state index contributed by atoms with van der Waals surface area (Å²) in [5.74, 6) is 1.02. The van der Waals surface area contributed by atoms with E-state index in [1.165, 1.54) is 6.20 Å². The van der Waals surface area contributed by atoms with Crippen LogP contribution >= 0.6 is 0 Å². The Kier molecular flexibility index (Phi) is 1.01. The molecule has 2 heterocycles. The molecule has 2 rings (SSSR count). The molecule has 0 aliphatic carbocycles. The van der Waals surface area contributed by atoms with Gasteiger partial charge in [0.25, 0.3) is 0 Å². The molecule has 0 atom stereocenters. The third-order valence-corrected chi connectivity index (χ3v) is 1.44. The quantitative estimate of drug-likeness (QED) is 0.478. The molecular weight excluding hydrogens is 130 g/mol. The summed E-state index contributed by atoms with van der Waals surface area (Å²) in [7, 11) is 0. The van der Waals surface area contributed by atoms with Crippen LogP contribution in [-0.2, 0) is 6.54 Å². The van der Waals surface area contributed by atoms with E-state index < -0.39 is 0 Å². The van der Waals surface area contributed by atoms with Gasteiger partial charge in [0.05, 0.1) is 6.20 Å². The van der Waals surface area contributed by atoms with E-state index in [4.69, 9.17) is 5.11 Å². The highest BCUT2D eigenvalue weighted by molar-refractivity contribution is 5.48. The second kappa shape index (κ2) is 1.85. The maximum Gasteiger partial charge on any atom is 0.144 e.